The molecule has 1 rings (SSSR count). The Morgan fingerprint density at radius 1 is 1.31 bits per heavy atom. The van der Waals surface area contributed by atoms with Crippen molar-refractivity contribution in [1.29, 1.82) is 0 Å². The summed E-state index contributed by atoms with van der Waals surface area (Å²) in [6, 6.07) is 0. The van der Waals surface area contributed by atoms with E-state index in [1.165, 1.54) is 5.56 Å². The first kappa shape index (κ1) is 11.4. The predicted octanol–water partition coefficient (Wildman–Crippen LogP) is 2.78. The van der Waals surface area contributed by atoms with Crippen LogP contribution in [0.2, 0.25) is 0 Å². The van der Waals surface area contributed by atoms with Gasteiger partial charge in [-0.25, -0.2) is 9.97 Å². The molecule has 0 amide bonds. The van der Waals surface area contributed by atoms with Gasteiger partial charge in [-0.2, -0.15) is 0 Å². The third-order valence-electron chi connectivity index (χ3n) is 1.98. The topological polar surface area (TPSA) is 51.8 Å². The number of nitrogens with two attached hydrogens (primary N) is 1. The minimum Gasteiger partial charge on any atom is -0.368 e. The molecule has 0 radical (unpaired) electrons. The largest absolute Gasteiger partial charge is 0.368 e. The van der Waals surface area contributed by atoms with Crippen LogP contribution in [0.4, 0.5) is 5.95 Å². The lowest BCUT2D eigenvalue weighted by Gasteiger charge is -2.12. The summed E-state index contributed by atoms with van der Waals surface area (Å²) in [6.45, 7) is 4.34. The summed E-state index contributed by atoms with van der Waals surface area (Å²) in [5.74, 6) is 0.861. The maximum absolute atomic E-state index is 5.54. The van der Waals surface area contributed by atoms with Crippen LogP contribution >= 0.6 is 45.2 Å². The summed E-state index contributed by atoms with van der Waals surface area (Å²) in [5.41, 5.74) is 6.76. The third kappa shape index (κ3) is 2.64. The van der Waals surface area contributed by atoms with Crippen molar-refractivity contribution in [3.8, 4) is 0 Å². The first-order valence-electron chi connectivity index (χ1n) is 4.04. The van der Waals surface area contributed by atoms with Gasteiger partial charge in [-0.05, 0) is 57.5 Å². The van der Waals surface area contributed by atoms with Crippen LogP contribution in [0.25, 0.3) is 0 Å². The molecular formula is C8H11I2N3. The number of halogens is 2. The van der Waals surface area contributed by atoms with E-state index in [1.807, 2.05) is 0 Å². The van der Waals surface area contributed by atoms with Crippen molar-refractivity contribution in [2.24, 2.45) is 0 Å². The number of aromatic nitrogens is 2. The zero-order valence-corrected chi connectivity index (χ0v) is 11.8. The Morgan fingerprint density at radius 2 is 1.77 bits per heavy atom. The smallest absolute Gasteiger partial charge is 0.222 e. The maximum atomic E-state index is 5.54. The zero-order chi connectivity index (χ0) is 10.0. The molecule has 0 bridgehead atoms. The highest BCUT2D eigenvalue weighted by Gasteiger charge is 2.14. The average Bonchev–Trinajstić information content (AvgIpc) is 2.02. The van der Waals surface area contributed by atoms with E-state index in [9.17, 15) is 0 Å². The highest BCUT2D eigenvalue weighted by Crippen LogP contribution is 2.27. The van der Waals surface area contributed by atoms with Crippen LogP contribution in [0.1, 0.15) is 31.7 Å². The minimum absolute atomic E-state index is 0.362. The van der Waals surface area contributed by atoms with Gasteiger partial charge in [-0.3, -0.25) is 0 Å². The van der Waals surface area contributed by atoms with Gasteiger partial charge < -0.3 is 5.73 Å². The van der Waals surface area contributed by atoms with Gasteiger partial charge in [0.15, 0.2) is 0 Å². The molecule has 1 unspecified atom stereocenters. The van der Waals surface area contributed by atoms with Gasteiger partial charge in [0.05, 0.1) is 0 Å². The van der Waals surface area contributed by atoms with Crippen molar-refractivity contribution in [2.75, 3.05) is 5.73 Å². The second-order valence-corrected chi connectivity index (χ2v) is 4.93. The van der Waals surface area contributed by atoms with Gasteiger partial charge in [-0.1, -0.05) is 13.8 Å². The van der Waals surface area contributed by atoms with E-state index in [4.69, 9.17) is 5.73 Å². The molecule has 0 fully saturated rings. The first-order valence-corrected chi connectivity index (χ1v) is 6.20. The minimum atomic E-state index is 0.362. The normalized spacial score (nSPS) is 12.9. The molecule has 0 aliphatic rings. The van der Waals surface area contributed by atoms with E-state index in [1.54, 1.807) is 0 Å². The quantitative estimate of drug-likeness (QED) is 0.611. The van der Waals surface area contributed by atoms with Crippen LogP contribution in [-0.2, 0) is 0 Å². The zero-order valence-electron chi connectivity index (χ0n) is 7.51. The van der Waals surface area contributed by atoms with E-state index in [2.05, 4.69) is 69.0 Å². The van der Waals surface area contributed by atoms with Gasteiger partial charge in [0.1, 0.15) is 7.40 Å². The van der Waals surface area contributed by atoms with Crippen LogP contribution in [0, 0.1) is 7.40 Å². The van der Waals surface area contributed by atoms with Gasteiger partial charge in [-0.15, -0.1) is 0 Å². The van der Waals surface area contributed by atoms with Crippen LogP contribution in [0.15, 0.2) is 0 Å². The molecule has 1 aromatic heterocycles. The average molecular weight is 403 g/mol. The number of hydrogen-bond donors (Lipinski definition) is 1. The lowest BCUT2D eigenvalue weighted by atomic mass is 10.0. The standard InChI is InChI=1S/C8H11I2N3/c1-3-4(2)5-6(9)12-8(11)13-7(5)10/h4H,3H2,1-2H3,(H2,11,12,13). The molecule has 2 N–H and O–H groups in total. The molecule has 0 aliphatic carbocycles. The predicted molar refractivity (Wildman–Crippen MR) is 70.6 cm³/mol. The SMILES string of the molecule is CCC(C)c1c(I)nc(N)nc1I. The van der Waals surface area contributed by atoms with Crippen molar-refractivity contribution < 1.29 is 0 Å². The molecule has 1 heterocycles. The van der Waals surface area contributed by atoms with Crippen molar-refractivity contribution in [1.82, 2.24) is 9.97 Å². The molecule has 0 aliphatic heterocycles. The van der Waals surface area contributed by atoms with Gasteiger partial charge in [0, 0.05) is 5.56 Å². The van der Waals surface area contributed by atoms with E-state index >= 15 is 0 Å². The van der Waals surface area contributed by atoms with E-state index < -0.39 is 0 Å². The third-order valence-corrected chi connectivity index (χ3v) is 3.62. The van der Waals surface area contributed by atoms with Crippen LogP contribution in [0.3, 0.4) is 0 Å². The number of nitrogens with zero attached hydrogens (tertiary/aromatic N) is 2. The van der Waals surface area contributed by atoms with Gasteiger partial charge in [0.25, 0.3) is 0 Å². The summed E-state index contributed by atoms with van der Waals surface area (Å²) < 4.78 is 1.95. The monoisotopic (exact) mass is 403 g/mol. The Balaban J connectivity index is 3.20. The highest BCUT2D eigenvalue weighted by atomic mass is 127. The molecule has 5 heteroatoms. The fraction of sp³-hybridized carbons (Fsp3) is 0.500. The summed E-state index contributed by atoms with van der Waals surface area (Å²) in [7, 11) is 0. The summed E-state index contributed by atoms with van der Waals surface area (Å²) in [5, 5.41) is 0. The molecule has 0 spiro atoms. The summed E-state index contributed by atoms with van der Waals surface area (Å²) in [4.78, 5) is 8.30. The fourth-order valence-corrected chi connectivity index (χ4v) is 3.63. The number of rotatable bonds is 2. The number of nitrogen functional groups attached to an aromatic ring is 1. The molecule has 3 nitrogen and oxygen atoms in total. The van der Waals surface area contributed by atoms with E-state index in [0.29, 0.717) is 11.9 Å². The molecule has 1 aromatic rings. The summed E-state index contributed by atoms with van der Waals surface area (Å²) >= 11 is 4.43. The van der Waals surface area contributed by atoms with Crippen LogP contribution in [0.5, 0.6) is 0 Å². The molecule has 0 saturated heterocycles. The Bertz CT molecular complexity index is 291. The number of anilines is 1. The van der Waals surface area contributed by atoms with Crippen molar-refractivity contribution in [3.05, 3.63) is 13.0 Å². The van der Waals surface area contributed by atoms with Crippen molar-refractivity contribution >= 4 is 51.1 Å². The fourth-order valence-electron chi connectivity index (χ4n) is 1.04. The van der Waals surface area contributed by atoms with Crippen LogP contribution < -0.4 is 5.73 Å². The Hall–Kier alpha value is 0.340. The number of hydrogen-bond acceptors (Lipinski definition) is 3. The molecule has 0 aromatic carbocycles. The van der Waals surface area contributed by atoms with Crippen molar-refractivity contribution in [3.63, 3.8) is 0 Å². The second-order valence-electron chi connectivity index (χ2n) is 2.89. The van der Waals surface area contributed by atoms with E-state index in [0.717, 1.165) is 13.8 Å². The molecule has 0 saturated carbocycles. The van der Waals surface area contributed by atoms with E-state index in [-0.39, 0.29) is 0 Å². The Morgan fingerprint density at radius 3 is 2.15 bits per heavy atom. The molecule has 72 valence electrons. The first-order chi connectivity index (χ1) is 6.06. The molecule has 13 heavy (non-hydrogen) atoms. The molecule has 1 atom stereocenters. The van der Waals surface area contributed by atoms with Crippen molar-refractivity contribution in [2.45, 2.75) is 26.2 Å². The van der Waals surface area contributed by atoms with Crippen LogP contribution in [-0.4, -0.2) is 9.97 Å². The Labute approximate surface area is 105 Å². The highest BCUT2D eigenvalue weighted by molar-refractivity contribution is 14.1. The maximum Gasteiger partial charge on any atom is 0.222 e. The Kier molecular flexibility index (Phi) is 4.14. The molecular weight excluding hydrogens is 392 g/mol. The van der Waals surface area contributed by atoms with Gasteiger partial charge in [0.2, 0.25) is 5.95 Å². The lowest BCUT2D eigenvalue weighted by molar-refractivity contribution is 0.713. The van der Waals surface area contributed by atoms with Gasteiger partial charge >= 0.3 is 0 Å². The summed E-state index contributed by atoms with van der Waals surface area (Å²) in [6.07, 6.45) is 1.10. The second kappa shape index (κ2) is 4.72. The lowest BCUT2D eigenvalue weighted by Crippen LogP contribution is -2.07.